The Hall–Kier alpha value is -1.56. The summed E-state index contributed by atoms with van der Waals surface area (Å²) < 4.78 is 0. The van der Waals surface area contributed by atoms with Crippen LogP contribution in [0.3, 0.4) is 0 Å². The number of hydrogen-bond donors (Lipinski definition) is 0. The van der Waals surface area contributed by atoms with Crippen LogP contribution in [0, 0.1) is 6.07 Å². The molecule has 0 unspecified atom stereocenters. The van der Waals surface area contributed by atoms with E-state index in [1.807, 2.05) is 0 Å². The summed E-state index contributed by atoms with van der Waals surface area (Å²) in [6, 6.07) is 19.2. The highest BCUT2D eigenvalue weighted by Crippen LogP contribution is 2.29. The van der Waals surface area contributed by atoms with Gasteiger partial charge in [0.25, 0.3) is 0 Å². The van der Waals surface area contributed by atoms with Crippen molar-refractivity contribution < 1.29 is 0 Å². The molecule has 28 heavy (non-hydrogen) atoms. The first-order valence-electron chi connectivity index (χ1n) is 11.9. The topological polar surface area (TPSA) is 0 Å². The fourth-order valence-electron chi connectivity index (χ4n) is 4.11. The standard InChI is InChI=1S/C28H41/c1-3-5-7-9-11-13-19-25-21-15-17-23-27(25)28-24-18-16-22-26(28)20-14-12-10-8-6-4-2/h15-18,21,23-24H,3-14,19-20H2,1-2H3. The molecule has 0 N–H and O–H groups in total. The Labute approximate surface area is 174 Å². The number of unbranched alkanes of at least 4 members (excludes halogenated alkanes) is 10. The molecule has 0 aliphatic rings. The number of hydrogen-bond acceptors (Lipinski definition) is 0. The van der Waals surface area contributed by atoms with Gasteiger partial charge in [-0.3, -0.25) is 0 Å². The smallest absolute Gasteiger partial charge is 0.0143 e. The molecule has 0 fully saturated rings. The normalized spacial score (nSPS) is 11.1. The van der Waals surface area contributed by atoms with Gasteiger partial charge >= 0.3 is 0 Å². The van der Waals surface area contributed by atoms with E-state index in [9.17, 15) is 0 Å². The van der Waals surface area contributed by atoms with Crippen LogP contribution in [0.25, 0.3) is 11.1 Å². The predicted molar refractivity (Wildman–Crippen MR) is 125 cm³/mol. The van der Waals surface area contributed by atoms with Crippen molar-refractivity contribution in [3.63, 3.8) is 0 Å². The van der Waals surface area contributed by atoms with Crippen molar-refractivity contribution in [2.75, 3.05) is 0 Å². The lowest BCUT2D eigenvalue weighted by atomic mass is 9.91. The van der Waals surface area contributed by atoms with Gasteiger partial charge in [-0.1, -0.05) is 121 Å². The monoisotopic (exact) mass is 377 g/mol. The quantitative estimate of drug-likeness (QED) is 0.272. The van der Waals surface area contributed by atoms with E-state index < -0.39 is 0 Å². The van der Waals surface area contributed by atoms with E-state index in [-0.39, 0.29) is 0 Å². The maximum atomic E-state index is 3.56. The van der Waals surface area contributed by atoms with E-state index in [4.69, 9.17) is 0 Å². The largest absolute Gasteiger partial charge is 0.0654 e. The van der Waals surface area contributed by atoms with E-state index in [0.717, 1.165) is 6.42 Å². The summed E-state index contributed by atoms with van der Waals surface area (Å²) in [5.74, 6) is 0. The SMILES string of the molecule is CCCCCCCCc1[c]cccc1-c1ccccc1CCCCCCCC. The first kappa shape index (κ1) is 22.7. The molecule has 2 aromatic carbocycles. The molecule has 0 aliphatic heterocycles. The van der Waals surface area contributed by atoms with Crippen molar-refractivity contribution in [3.05, 3.63) is 59.7 Å². The highest BCUT2D eigenvalue weighted by molar-refractivity contribution is 5.70. The minimum Gasteiger partial charge on any atom is -0.0654 e. The summed E-state index contributed by atoms with van der Waals surface area (Å²) in [6.07, 6.45) is 18.7. The van der Waals surface area contributed by atoms with Gasteiger partial charge in [0.1, 0.15) is 0 Å². The van der Waals surface area contributed by atoms with Crippen molar-refractivity contribution in [1.29, 1.82) is 0 Å². The predicted octanol–water partition coefficient (Wildman–Crippen LogP) is 8.96. The van der Waals surface area contributed by atoms with Gasteiger partial charge in [0, 0.05) is 0 Å². The molecule has 0 amide bonds. The second-order valence-electron chi connectivity index (χ2n) is 8.26. The number of benzene rings is 2. The van der Waals surface area contributed by atoms with Crippen molar-refractivity contribution in [3.8, 4) is 11.1 Å². The first-order valence-corrected chi connectivity index (χ1v) is 11.9. The lowest BCUT2D eigenvalue weighted by Gasteiger charge is -2.14. The molecule has 0 heterocycles. The molecule has 2 aromatic rings. The third-order valence-corrected chi connectivity index (χ3v) is 5.83. The molecule has 0 atom stereocenters. The highest BCUT2D eigenvalue weighted by atomic mass is 14.1. The molecular weight excluding hydrogens is 336 g/mol. The summed E-state index contributed by atoms with van der Waals surface area (Å²) in [4.78, 5) is 0. The van der Waals surface area contributed by atoms with Crippen LogP contribution in [0.2, 0.25) is 0 Å². The maximum absolute atomic E-state index is 3.56. The van der Waals surface area contributed by atoms with E-state index in [0.29, 0.717) is 0 Å². The van der Waals surface area contributed by atoms with Crippen molar-refractivity contribution in [1.82, 2.24) is 0 Å². The van der Waals surface area contributed by atoms with E-state index in [1.54, 1.807) is 0 Å². The number of rotatable bonds is 15. The van der Waals surface area contributed by atoms with E-state index >= 15 is 0 Å². The fourth-order valence-corrected chi connectivity index (χ4v) is 4.11. The Kier molecular flexibility index (Phi) is 11.7. The van der Waals surface area contributed by atoms with Crippen LogP contribution >= 0.6 is 0 Å². The van der Waals surface area contributed by atoms with Crippen LogP contribution in [-0.4, -0.2) is 0 Å². The Morgan fingerprint density at radius 2 is 1.14 bits per heavy atom. The molecule has 0 saturated heterocycles. The van der Waals surface area contributed by atoms with Gasteiger partial charge in [-0.2, -0.15) is 0 Å². The highest BCUT2D eigenvalue weighted by Gasteiger charge is 2.09. The van der Waals surface area contributed by atoms with Crippen molar-refractivity contribution in [2.45, 2.75) is 104 Å². The molecule has 0 nitrogen and oxygen atoms in total. The van der Waals surface area contributed by atoms with Gasteiger partial charge in [-0.05, 0) is 54.0 Å². The van der Waals surface area contributed by atoms with Crippen LogP contribution < -0.4 is 0 Å². The van der Waals surface area contributed by atoms with Crippen LogP contribution in [0.5, 0.6) is 0 Å². The molecule has 0 saturated carbocycles. The summed E-state index contributed by atoms with van der Waals surface area (Å²) >= 11 is 0. The second kappa shape index (κ2) is 14.4. The Balaban J connectivity index is 1.95. The van der Waals surface area contributed by atoms with Crippen LogP contribution in [0.15, 0.2) is 42.5 Å². The van der Waals surface area contributed by atoms with Crippen molar-refractivity contribution >= 4 is 0 Å². The van der Waals surface area contributed by atoms with E-state index in [1.165, 1.54) is 106 Å². The van der Waals surface area contributed by atoms with Gasteiger partial charge < -0.3 is 0 Å². The maximum Gasteiger partial charge on any atom is -0.0143 e. The van der Waals surface area contributed by atoms with Crippen LogP contribution in [-0.2, 0) is 12.8 Å². The third-order valence-electron chi connectivity index (χ3n) is 5.83. The average Bonchev–Trinajstić information content (AvgIpc) is 2.74. The van der Waals surface area contributed by atoms with Gasteiger partial charge in [-0.15, -0.1) is 0 Å². The Morgan fingerprint density at radius 3 is 1.86 bits per heavy atom. The van der Waals surface area contributed by atoms with Gasteiger partial charge in [0.05, 0.1) is 0 Å². The summed E-state index contributed by atoms with van der Waals surface area (Å²) in [6.45, 7) is 4.57. The molecule has 0 aromatic heterocycles. The summed E-state index contributed by atoms with van der Waals surface area (Å²) in [5, 5.41) is 0. The fraction of sp³-hybridized carbons (Fsp3) is 0.571. The minimum atomic E-state index is 1.16. The zero-order valence-corrected chi connectivity index (χ0v) is 18.4. The zero-order chi connectivity index (χ0) is 19.9. The third kappa shape index (κ3) is 8.21. The second-order valence-corrected chi connectivity index (χ2v) is 8.26. The number of aryl methyl sites for hydroxylation is 2. The lowest BCUT2D eigenvalue weighted by Crippen LogP contribution is -1.96. The lowest BCUT2D eigenvalue weighted by molar-refractivity contribution is 0.607. The van der Waals surface area contributed by atoms with Gasteiger partial charge in [0.15, 0.2) is 0 Å². The van der Waals surface area contributed by atoms with E-state index in [2.05, 4.69) is 62.4 Å². The molecular formula is C28H41. The molecule has 0 heteroatoms. The molecule has 153 valence electrons. The Morgan fingerprint density at radius 1 is 0.571 bits per heavy atom. The minimum absolute atomic E-state index is 1.16. The summed E-state index contributed by atoms with van der Waals surface area (Å²) in [5.41, 5.74) is 5.78. The average molecular weight is 378 g/mol. The van der Waals surface area contributed by atoms with Crippen LogP contribution in [0.1, 0.15) is 102 Å². The molecule has 0 spiro atoms. The molecule has 2 rings (SSSR count). The molecule has 0 aliphatic carbocycles. The Bertz CT molecular complexity index is 582. The van der Waals surface area contributed by atoms with Crippen LogP contribution in [0.4, 0.5) is 0 Å². The first-order chi connectivity index (χ1) is 13.9. The zero-order valence-electron chi connectivity index (χ0n) is 18.4. The van der Waals surface area contributed by atoms with Gasteiger partial charge in [-0.25, -0.2) is 0 Å². The molecule has 0 bridgehead atoms. The summed E-state index contributed by atoms with van der Waals surface area (Å²) in [7, 11) is 0. The van der Waals surface area contributed by atoms with Crippen molar-refractivity contribution in [2.24, 2.45) is 0 Å². The molecule has 1 radical (unpaired) electrons. The van der Waals surface area contributed by atoms with Gasteiger partial charge in [0.2, 0.25) is 0 Å².